The predicted octanol–water partition coefficient (Wildman–Crippen LogP) is 4.07. The summed E-state index contributed by atoms with van der Waals surface area (Å²) in [6, 6.07) is 19.2. The molecule has 1 unspecified atom stereocenters. The number of carbonyl (C=O) groups is 2. The van der Waals surface area contributed by atoms with Crippen molar-refractivity contribution in [3.8, 4) is 0 Å². The van der Waals surface area contributed by atoms with Crippen LogP contribution >= 0.6 is 0 Å². The molecule has 1 amide bonds. The third kappa shape index (κ3) is 4.80. The van der Waals surface area contributed by atoms with Gasteiger partial charge in [0.1, 0.15) is 12.4 Å². The summed E-state index contributed by atoms with van der Waals surface area (Å²) in [5.41, 5.74) is 1.98. The second-order valence-electron chi connectivity index (χ2n) is 6.06. The van der Waals surface area contributed by atoms with Crippen LogP contribution < -0.4 is 0 Å². The molecule has 1 heterocycles. The van der Waals surface area contributed by atoms with Crippen LogP contribution in [0.4, 0.5) is 4.79 Å². The van der Waals surface area contributed by atoms with E-state index in [0.29, 0.717) is 19.4 Å². The molecule has 128 valence electrons. The molecule has 1 saturated heterocycles. The number of hydrogen-bond acceptors (Lipinski definition) is 3. The summed E-state index contributed by atoms with van der Waals surface area (Å²) in [7, 11) is 0. The van der Waals surface area contributed by atoms with E-state index in [0.717, 1.165) is 11.1 Å². The van der Waals surface area contributed by atoms with E-state index in [4.69, 9.17) is 4.74 Å². The van der Waals surface area contributed by atoms with Crippen LogP contribution in [0.1, 0.15) is 24.0 Å². The van der Waals surface area contributed by atoms with E-state index in [1.807, 2.05) is 72.8 Å². The Morgan fingerprint density at radius 2 is 1.76 bits per heavy atom. The number of likely N-dealkylation sites (tertiary alicyclic amines) is 1. The van der Waals surface area contributed by atoms with Gasteiger partial charge >= 0.3 is 6.09 Å². The number of amides is 1. The van der Waals surface area contributed by atoms with Gasteiger partial charge in [0.25, 0.3) is 0 Å². The summed E-state index contributed by atoms with van der Waals surface area (Å²) in [4.78, 5) is 25.9. The lowest BCUT2D eigenvalue weighted by molar-refractivity contribution is -0.122. The minimum atomic E-state index is -0.376. The molecular formula is C21H21NO3. The van der Waals surface area contributed by atoms with E-state index in [1.54, 1.807) is 4.90 Å². The molecule has 2 aromatic carbocycles. The fraction of sp³-hybridized carbons (Fsp3) is 0.238. The maximum atomic E-state index is 12.5. The normalized spacial score (nSPS) is 17.7. The molecule has 0 aromatic heterocycles. The van der Waals surface area contributed by atoms with E-state index in [-0.39, 0.29) is 24.5 Å². The van der Waals surface area contributed by atoms with E-state index in [1.165, 1.54) is 0 Å². The zero-order valence-electron chi connectivity index (χ0n) is 14.0. The molecule has 1 fully saturated rings. The first-order valence-corrected chi connectivity index (χ1v) is 8.44. The average molecular weight is 335 g/mol. The molecule has 25 heavy (non-hydrogen) atoms. The van der Waals surface area contributed by atoms with Crippen LogP contribution in [0.15, 0.2) is 66.7 Å². The maximum absolute atomic E-state index is 12.5. The minimum absolute atomic E-state index is 0.176. The smallest absolute Gasteiger partial charge is 0.410 e. The quantitative estimate of drug-likeness (QED) is 0.846. The average Bonchev–Trinajstić information content (AvgIpc) is 2.66. The van der Waals surface area contributed by atoms with Gasteiger partial charge in [0.2, 0.25) is 0 Å². The Bertz CT molecular complexity index is 740. The monoisotopic (exact) mass is 335 g/mol. The van der Waals surface area contributed by atoms with Crippen LogP contribution in [0.25, 0.3) is 6.08 Å². The van der Waals surface area contributed by atoms with E-state index < -0.39 is 0 Å². The lowest BCUT2D eigenvalue weighted by Crippen LogP contribution is -2.45. The van der Waals surface area contributed by atoms with Gasteiger partial charge in [-0.25, -0.2) is 4.79 Å². The summed E-state index contributed by atoms with van der Waals surface area (Å²) >= 11 is 0. The van der Waals surface area contributed by atoms with Crippen LogP contribution in [0.5, 0.6) is 0 Å². The third-order valence-corrected chi connectivity index (χ3v) is 4.22. The molecule has 2 aromatic rings. The lowest BCUT2D eigenvalue weighted by atomic mass is 10.0. The lowest BCUT2D eigenvalue weighted by Gasteiger charge is -2.32. The number of ether oxygens (including phenoxy) is 1. The van der Waals surface area contributed by atoms with Crippen molar-refractivity contribution >= 4 is 18.0 Å². The summed E-state index contributed by atoms with van der Waals surface area (Å²) < 4.78 is 5.43. The first-order valence-electron chi connectivity index (χ1n) is 8.44. The summed E-state index contributed by atoms with van der Waals surface area (Å²) in [5.74, 6) is 0.176. The van der Waals surface area contributed by atoms with Gasteiger partial charge < -0.3 is 9.64 Å². The van der Waals surface area contributed by atoms with Gasteiger partial charge in [-0.05, 0) is 11.1 Å². The van der Waals surface area contributed by atoms with E-state index >= 15 is 0 Å². The highest BCUT2D eigenvalue weighted by Gasteiger charge is 2.29. The first kappa shape index (κ1) is 17.0. The molecule has 4 heteroatoms. The number of piperidine rings is 1. The molecule has 1 atom stereocenters. The van der Waals surface area contributed by atoms with Crippen molar-refractivity contribution < 1.29 is 14.3 Å². The zero-order valence-corrected chi connectivity index (χ0v) is 14.0. The highest BCUT2D eigenvalue weighted by molar-refractivity contribution is 5.83. The molecule has 0 N–H and O–H groups in total. The Kier molecular flexibility index (Phi) is 5.62. The van der Waals surface area contributed by atoms with Crippen molar-refractivity contribution in [2.75, 3.05) is 6.54 Å². The van der Waals surface area contributed by atoms with Crippen LogP contribution in [-0.2, 0) is 16.1 Å². The maximum Gasteiger partial charge on any atom is 0.410 e. The highest BCUT2D eigenvalue weighted by Crippen LogP contribution is 2.18. The molecule has 0 saturated carbocycles. The van der Waals surface area contributed by atoms with Gasteiger partial charge in [0, 0.05) is 19.4 Å². The third-order valence-electron chi connectivity index (χ3n) is 4.22. The molecule has 0 bridgehead atoms. The summed E-state index contributed by atoms with van der Waals surface area (Å²) in [6.45, 7) is 0.634. The van der Waals surface area contributed by atoms with Gasteiger partial charge in [-0.2, -0.15) is 0 Å². The highest BCUT2D eigenvalue weighted by atomic mass is 16.6. The fourth-order valence-electron chi connectivity index (χ4n) is 2.84. The van der Waals surface area contributed by atoms with Crippen molar-refractivity contribution in [1.29, 1.82) is 0 Å². The van der Waals surface area contributed by atoms with Crippen LogP contribution in [0, 0.1) is 0 Å². The largest absolute Gasteiger partial charge is 0.445 e. The van der Waals surface area contributed by atoms with Crippen molar-refractivity contribution in [3.05, 3.63) is 77.9 Å². The van der Waals surface area contributed by atoms with E-state index in [2.05, 4.69) is 0 Å². The SMILES string of the molecule is O=C1CCN(C(=O)OCc2ccccc2)C(/C=C/c2ccccc2)C1. The number of nitrogens with zero attached hydrogens (tertiary/aromatic N) is 1. The topological polar surface area (TPSA) is 46.6 Å². The van der Waals surface area contributed by atoms with Crippen molar-refractivity contribution in [2.24, 2.45) is 0 Å². The molecule has 1 aliphatic rings. The van der Waals surface area contributed by atoms with Crippen molar-refractivity contribution in [1.82, 2.24) is 4.90 Å². The van der Waals surface area contributed by atoms with E-state index in [9.17, 15) is 9.59 Å². The van der Waals surface area contributed by atoms with Crippen LogP contribution in [0.3, 0.4) is 0 Å². The number of carbonyl (C=O) groups excluding carboxylic acids is 2. The molecule has 1 aliphatic heterocycles. The molecule has 0 aliphatic carbocycles. The fourth-order valence-corrected chi connectivity index (χ4v) is 2.84. The Morgan fingerprint density at radius 1 is 1.08 bits per heavy atom. The van der Waals surface area contributed by atoms with Crippen LogP contribution in [-0.4, -0.2) is 29.4 Å². The summed E-state index contributed by atoms with van der Waals surface area (Å²) in [5, 5.41) is 0. The Labute approximate surface area is 147 Å². The van der Waals surface area contributed by atoms with Crippen molar-refractivity contribution in [2.45, 2.75) is 25.5 Å². The van der Waals surface area contributed by atoms with Gasteiger partial charge in [-0.15, -0.1) is 0 Å². The zero-order chi connectivity index (χ0) is 17.5. The Hall–Kier alpha value is -2.88. The van der Waals surface area contributed by atoms with Gasteiger partial charge in [0.15, 0.2) is 0 Å². The second kappa shape index (κ2) is 8.29. The standard InChI is InChI=1S/C21H21NO3/c23-20-13-14-22(21(24)25-16-18-9-5-2-6-10-18)19(15-20)12-11-17-7-3-1-4-8-17/h1-12,19H,13-16H2/b12-11+. The van der Waals surface area contributed by atoms with Gasteiger partial charge in [0.05, 0.1) is 6.04 Å². The molecular weight excluding hydrogens is 314 g/mol. The number of rotatable bonds is 4. The molecule has 0 radical (unpaired) electrons. The number of hydrogen-bond donors (Lipinski definition) is 0. The molecule has 0 spiro atoms. The molecule has 4 nitrogen and oxygen atoms in total. The Balaban J connectivity index is 1.65. The van der Waals surface area contributed by atoms with Gasteiger partial charge in [-0.3, -0.25) is 4.79 Å². The van der Waals surface area contributed by atoms with Gasteiger partial charge in [-0.1, -0.05) is 72.8 Å². The van der Waals surface area contributed by atoms with Crippen LogP contribution in [0.2, 0.25) is 0 Å². The van der Waals surface area contributed by atoms with Crippen molar-refractivity contribution in [3.63, 3.8) is 0 Å². The number of Topliss-reactive ketones (excluding diaryl/α,β-unsaturated/α-hetero) is 1. The summed E-state index contributed by atoms with van der Waals surface area (Å²) in [6.07, 6.45) is 4.20. The number of ketones is 1. The second-order valence-corrected chi connectivity index (χ2v) is 6.06. The minimum Gasteiger partial charge on any atom is -0.445 e. The Morgan fingerprint density at radius 3 is 2.48 bits per heavy atom. The molecule has 3 rings (SSSR count). The predicted molar refractivity (Wildman–Crippen MR) is 96.8 cm³/mol. The first-order chi connectivity index (χ1) is 12.2. The number of benzene rings is 2.